The number of rotatable bonds is 9. The number of carbonyl (C=O) groups is 2. The number of hydrogen-bond donors (Lipinski definition) is 3. The summed E-state index contributed by atoms with van der Waals surface area (Å²) in [5, 5.41) is 7.93. The van der Waals surface area contributed by atoms with Gasteiger partial charge in [-0.1, -0.05) is 32.0 Å². The van der Waals surface area contributed by atoms with E-state index in [9.17, 15) is 22.8 Å². The second kappa shape index (κ2) is 10.8. The van der Waals surface area contributed by atoms with Gasteiger partial charge in [-0.05, 0) is 38.1 Å². The predicted octanol–water partition coefficient (Wildman–Crippen LogP) is 2.83. The Morgan fingerprint density at radius 3 is 2.33 bits per heavy atom. The standard InChI is InChI=1S/C18H27F3N4O2/c1-13(2)15(24-17(27)23-14-8-5-4-6-9-14)16(26)22-10-7-11-25(3)12-18(19,20)21/h4-6,8-9,13,15H,7,10-12H2,1-3H3,(H,22,26)(H2,23,24,27). The highest BCUT2D eigenvalue weighted by molar-refractivity contribution is 5.93. The lowest BCUT2D eigenvalue weighted by molar-refractivity contribution is -0.143. The summed E-state index contributed by atoms with van der Waals surface area (Å²) in [5.74, 6) is -0.522. The van der Waals surface area contributed by atoms with Crippen LogP contribution in [-0.2, 0) is 4.79 Å². The van der Waals surface area contributed by atoms with E-state index in [1.807, 2.05) is 6.07 Å². The van der Waals surface area contributed by atoms with Crippen LogP contribution < -0.4 is 16.0 Å². The minimum Gasteiger partial charge on any atom is -0.354 e. The Balaban J connectivity index is 2.41. The molecule has 1 rings (SSSR count). The molecule has 0 bridgehead atoms. The number of nitrogens with one attached hydrogen (secondary N) is 3. The van der Waals surface area contributed by atoms with E-state index in [1.54, 1.807) is 38.1 Å². The van der Waals surface area contributed by atoms with Gasteiger partial charge < -0.3 is 16.0 Å². The van der Waals surface area contributed by atoms with Gasteiger partial charge in [-0.3, -0.25) is 9.69 Å². The summed E-state index contributed by atoms with van der Waals surface area (Å²) in [6, 6.07) is 7.57. The van der Waals surface area contributed by atoms with Gasteiger partial charge in [0, 0.05) is 12.2 Å². The Morgan fingerprint density at radius 2 is 1.78 bits per heavy atom. The molecule has 3 N–H and O–H groups in total. The molecule has 1 aromatic rings. The van der Waals surface area contributed by atoms with E-state index in [0.29, 0.717) is 12.1 Å². The molecule has 0 aromatic heterocycles. The van der Waals surface area contributed by atoms with Crippen molar-refractivity contribution >= 4 is 17.6 Å². The van der Waals surface area contributed by atoms with E-state index in [1.165, 1.54) is 7.05 Å². The van der Waals surface area contributed by atoms with Crippen molar-refractivity contribution in [1.29, 1.82) is 0 Å². The van der Waals surface area contributed by atoms with Gasteiger partial charge in [-0.25, -0.2) is 4.79 Å². The van der Waals surface area contributed by atoms with Gasteiger partial charge in [0.15, 0.2) is 0 Å². The molecule has 0 heterocycles. The Bertz CT molecular complexity index is 594. The van der Waals surface area contributed by atoms with Gasteiger partial charge in [0.25, 0.3) is 0 Å². The molecule has 3 amide bonds. The van der Waals surface area contributed by atoms with Gasteiger partial charge in [-0.2, -0.15) is 13.2 Å². The number of hydrogen-bond acceptors (Lipinski definition) is 3. The highest BCUT2D eigenvalue weighted by atomic mass is 19.4. The first kappa shape index (κ1) is 22.8. The van der Waals surface area contributed by atoms with Crippen molar-refractivity contribution in [1.82, 2.24) is 15.5 Å². The van der Waals surface area contributed by atoms with Crippen LogP contribution in [0, 0.1) is 5.92 Å². The number of alkyl halides is 3. The van der Waals surface area contributed by atoms with E-state index in [4.69, 9.17) is 0 Å². The average molecular weight is 388 g/mol. The number of nitrogens with zero attached hydrogens (tertiary/aromatic N) is 1. The van der Waals surface area contributed by atoms with Crippen molar-refractivity contribution in [2.75, 3.05) is 32.0 Å². The molecule has 0 aliphatic heterocycles. The maximum absolute atomic E-state index is 12.3. The molecule has 1 aromatic carbocycles. The zero-order valence-corrected chi connectivity index (χ0v) is 15.8. The quantitative estimate of drug-likeness (QED) is 0.570. The molecule has 9 heteroatoms. The highest BCUT2D eigenvalue weighted by Gasteiger charge is 2.29. The molecule has 0 aliphatic carbocycles. The number of amides is 3. The van der Waals surface area contributed by atoms with Crippen molar-refractivity contribution in [3.63, 3.8) is 0 Å². The normalized spacial score (nSPS) is 12.7. The molecule has 0 saturated heterocycles. The second-order valence-corrected chi connectivity index (χ2v) is 6.68. The topological polar surface area (TPSA) is 73.5 Å². The van der Waals surface area contributed by atoms with Crippen LogP contribution in [0.1, 0.15) is 20.3 Å². The molecule has 0 aliphatic rings. The van der Waals surface area contributed by atoms with E-state index >= 15 is 0 Å². The van der Waals surface area contributed by atoms with Gasteiger partial charge in [0.05, 0.1) is 6.54 Å². The summed E-state index contributed by atoms with van der Waals surface area (Å²) >= 11 is 0. The Labute approximate surface area is 157 Å². The first-order valence-electron chi connectivity index (χ1n) is 8.74. The van der Waals surface area contributed by atoms with E-state index < -0.39 is 24.8 Å². The smallest absolute Gasteiger partial charge is 0.354 e. The zero-order valence-electron chi connectivity index (χ0n) is 15.8. The number of halogens is 3. The molecule has 6 nitrogen and oxygen atoms in total. The third-order valence-electron chi connectivity index (χ3n) is 3.73. The molecule has 0 spiro atoms. The molecule has 27 heavy (non-hydrogen) atoms. The highest BCUT2D eigenvalue weighted by Crippen LogP contribution is 2.15. The number of anilines is 1. The third kappa shape index (κ3) is 9.83. The fourth-order valence-electron chi connectivity index (χ4n) is 2.42. The van der Waals surface area contributed by atoms with Gasteiger partial charge in [-0.15, -0.1) is 0 Å². The molecular formula is C18H27F3N4O2. The maximum Gasteiger partial charge on any atom is 0.401 e. The summed E-state index contributed by atoms with van der Waals surface area (Å²) in [6.07, 6.45) is -3.86. The minimum atomic E-state index is -4.24. The van der Waals surface area contributed by atoms with Crippen molar-refractivity contribution in [3.8, 4) is 0 Å². The first-order chi connectivity index (χ1) is 12.6. The van der Waals surface area contributed by atoms with Crippen molar-refractivity contribution in [2.24, 2.45) is 5.92 Å². The molecule has 0 saturated carbocycles. The van der Waals surface area contributed by atoms with E-state index in [2.05, 4.69) is 16.0 Å². The number of para-hydroxylation sites is 1. The number of urea groups is 1. The monoisotopic (exact) mass is 388 g/mol. The minimum absolute atomic E-state index is 0.153. The lowest BCUT2D eigenvalue weighted by atomic mass is 10.0. The van der Waals surface area contributed by atoms with Gasteiger partial charge >= 0.3 is 12.2 Å². The van der Waals surface area contributed by atoms with E-state index in [0.717, 1.165) is 4.90 Å². The van der Waals surface area contributed by atoms with Crippen LogP contribution >= 0.6 is 0 Å². The number of carbonyl (C=O) groups excluding carboxylic acids is 2. The first-order valence-corrected chi connectivity index (χ1v) is 8.74. The molecule has 0 radical (unpaired) electrons. The Morgan fingerprint density at radius 1 is 1.15 bits per heavy atom. The van der Waals surface area contributed by atoms with Crippen LogP contribution in [0.2, 0.25) is 0 Å². The lowest BCUT2D eigenvalue weighted by Crippen LogP contribution is -2.51. The third-order valence-corrected chi connectivity index (χ3v) is 3.73. The van der Waals surface area contributed by atoms with Crippen LogP contribution in [0.3, 0.4) is 0 Å². The molecular weight excluding hydrogens is 361 g/mol. The summed E-state index contributed by atoms with van der Waals surface area (Å²) in [6.45, 7) is 3.03. The van der Waals surface area contributed by atoms with Crippen molar-refractivity contribution in [3.05, 3.63) is 30.3 Å². The lowest BCUT2D eigenvalue weighted by Gasteiger charge is -2.22. The molecule has 152 valence electrons. The second-order valence-electron chi connectivity index (χ2n) is 6.68. The largest absolute Gasteiger partial charge is 0.401 e. The predicted molar refractivity (Wildman–Crippen MR) is 98.4 cm³/mol. The van der Waals surface area contributed by atoms with Crippen molar-refractivity contribution < 1.29 is 22.8 Å². The number of benzene rings is 1. The van der Waals surface area contributed by atoms with Crippen LogP contribution in [0.25, 0.3) is 0 Å². The fraction of sp³-hybridized carbons (Fsp3) is 0.556. The summed E-state index contributed by atoms with van der Waals surface area (Å²) in [7, 11) is 1.38. The summed E-state index contributed by atoms with van der Waals surface area (Å²) in [4.78, 5) is 25.5. The zero-order chi connectivity index (χ0) is 20.4. The summed E-state index contributed by atoms with van der Waals surface area (Å²) in [5.41, 5.74) is 0.602. The maximum atomic E-state index is 12.3. The molecule has 0 fully saturated rings. The fourth-order valence-corrected chi connectivity index (χ4v) is 2.42. The Hall–Kier alpha value is -2.29. The van der Waals surface area contributed by atoms with Crippen LogP contribution in [-0.4, -0.2) is 55.7 Å². The van der Waals surface area contributed by atoms with Crippen LogP contribution in [0.5, 0.6) is 0 Å². The van der Waals surface area contributed by atoms with Crippen molar-refractivity contribution in [2.45, 2.75) is 32.5 Å². The summed E-state index contributed by atoms with van der Waals surface area (Å²) < 4.78 is 36.8. The van der Waals surface area contributed by atoms with Gasteiger partial charge in [0.2, 0.25) is 5.91 Å². The van der Waals surface area contributed by atoms with Crippen LogP contribution in [0.4, 0.5) is 23.7 Å². The average Bonchev–Trinajstić information content (AvgIpc) is 2.55. The van der Waals surface area contributed by atoms with E-state index in [-0.39, 0.29) is 24.9 Å². The van der Waals surface area contributed by atoms with Gasteiger partial charge in [0.1, 0.15) is 6.04 Å². The molecule has 1 unspecified atom stereocenters. The van der Waals surface area contributed by atoms with Crippen LogP contribution in [0.15, 0.2) is 30.3 Å². The molecule has 1 atom stereocenters. The SMILES string of the molecule is CC(C)C(NC(=O)Nc1ccccc1)C(=O)NCCCN(C)CC(F)(F)F. The Kier molecular flexibility index (Phi) is 9.07.